The number of nitrogens with zero attached hydrogens (tertiary/aromatic N) is 6. The number of fused-ring (bicyclic) bond motifs is 1. The quantitative estimate of drug-likeness (QED) is 0.245. The number of aryl methyl sites for hydroxylation is 1. The van der Waals surface area contributed by atoms with Crippen molar-refractivity contribution in [1.29, 1.82) is 0 Å². The molecule has 0 spiro atoms. The molecule has 0 radical (unpaired) electrons. The lowest BCUT2D eigenvalue weighted by Crippen LogP contribution is -2.43. The predicted molar refractivity (Wildman–Crippen MR) is 169 cm³/mol. The highest BCUT2D eigenvalue weighted by Crippen LogP contribution is 2.32. The number of aromatic amines is 1. The minimum Gasteiger partial charge on any atom is -0.368 e. The van der Waals surface area contributed by atoms with Gasteiger partial charge in [0.2, 0.25) is 0 Å². The number of aromatic nitrogens is 6. The van der Waals surface area contributed by atoms with Gasteiger partial charge in [0.15, 0.2) is 5.82 Å². The van der Waals surface area contributed by atoms with E-state index in [1.54, 1.807) is 6.33 Å². The van der Waals surface area contributed by atoms with Crippen LogP contribution in [0.2, 0.25) is 0 Å². The summed E-state index contributed by atoms with van der Waals surface area (Å²) in [4.78, 5) is 36.6. The average Bonchev–Trinajstić information content (AvgIpc) is 3.66. The molecule has 11 nitrogen and oxygen atoms in total. The summed E-state index contributed by atoms with van der Waals surface area (Å²) >= 11 is 0. The Kier molecular flexibility index (Phi) is 8.48. The summed E-state index contributed by atoms with van der Waals surface area (Å²) < 4.78 is 5.21. The SMILES string of the molecule is Cc1cc(-c2ncnc3[nH]c(-c4ccc(N5CCNCC5)cn4)cc23)ccc1[C@@H](C)NC(=O)c1nc(C(C)(C)C)no1.Cl. The second-order valence-electron chi connectivity index (χ2n) is 11.7. The van der Waals surface area contributed by atoms with E-state index in [0.717, 1.165) is 76.7 Å². The Morgan fingerprint density at radius 3 is 2.53 bits per heavy atom. The van der Waals surface area contributed by atoms with E-state index >= 15 is 0 Å². The van der Waals surface area contributed by atoms with Gasteiger partial charge in [0.05, 0.1) is 35.0 Å². The Balaban J connectivity index is 0.00000368. The van der Waals surface area contributed by atoms with E-state index in [9.17, 15) is 4.79 Å². The summed E-state index contributed by atoms with van der Waals surface area (Å²) in [5.41, 5.74) is 7.10. The molecular weight excluding hydrogens is 566 g/mol. The van der Waals surface area contributed by atoms with Crippen LogP contribution >= 0.6 is 12.4 Å². The number of anilines is 1. The van der Waals surface area contributed by atoms with Crippen molar-refractivity contribution in [3.8, 4) is 22.6 Å². The molecule has 6 rings (SSSR count). The van der Waals surface area contributed by atoms with Crippen LogP contribution in [-0.4, -0.2) is 62.2 Å². The molecule has 3 N–H and O–H groups in total. The normalized spacial score (nSPS) is 14.4. The molecule has 43 heavy (non-hydrogen) atoms. The second kappa shape index (κ2) is 12.1. The molecular formula is C31H36ClN9O2. The number of amides is 1. The molecule has 1 aliphatic heterocycles. The topological polar surface area (TPSA) is 138 Å². The van der Waals surface area contributed by atoms with Gasteiger partial charge in [-0.2, -0.15) is 4.98 Å². The molecule has 0 saturated carbocycles. The maximum atomic E-state index is 12.8. The van der Waals surface area contributed by atoms with Gasteiger partial charge in [-0.1, -0.05) is 38.1 Å². The number of hydrogen-bond acceptors (Lipinski definition) is 9. The standard InChI is InChI=1S/C31H35N9O2.ClH/c1-18-14-20(6-8-22(18)19(2)36-28(41)29-38-30(39-42-29)31(3,4)5)26-23-15-25(37-27(23)35-17-34-26)24-9-7-21(16-33-24)40-12-10-32-11-13-40;/h6-9,14-17,19,32H,10-13H2,1-5H3,(H,36,41)(H,34,35,37);1H/t19-;/m1./s1. The first-order valence-corrected chi connectivity index (χ1v) is 14.2. The van der Waals surface area contributed by atoms with Crippen molar-refractivity contribution in [3.63, 3.8) is 0 Å². The summed E-state index contributed by atoms with van der Waals surface area (Å²) in [5.74, 6) is 0.0504. The van der Waals surface area contributed by atoms with Gasteiger partial charge in [-0.3, -0.25) is 9.78 Å². The third-order valence-corrected chi connectivity index (χ3v) is 7.58. The number of nitrogens with one attached hydrogen (secondary N) is 3. The molecule has 0 bridgehead atoms. The summed E-state index contributed by atoms with van der Waals surface area (Å²) in [6.45, 7) is 13.8. The van der Waals surface area contributed by atoms with E-state index in [1.165, 1.54) is 0 Å². The summed E-state index contributed by atoms with van der Waals surface area (Å²) in [6.07, 6.45) is 3.50. The first-order chi connectivity index (χ1) is 20.2. The number of carbonyl (C=O) groups excluding carboxylic acids is 1. The van der Waals surface area contributed by atoms with Gasteiger partial charge in [0.25, 0.3) is 0 Å². The molecule has 1 atom stereocenters. The fraction of sp³-hybridized carbons (Fsp3) is 0.355. The number of hydrogen-bond donors (Lipinski definition) is 3. The zero-order valence-corrected chi connectivity index (χ0v) is 25.7. The Morgan fingerprint density at radius 1 is 1.07 bits per heavy atom. The van der Waals surface area contributed by atoms with Gasteiger partial charge in [-0.15, -0.1) is 12.4 Å². The fourth-order valence-corrected chi connectivity index (χ4v) is 5.23. The third kappa shape index (κ3) is 6.23. The summed E-state index contributed by atoms with van der Waals surface area (Å²) in [7, 11) is 0. The van der Waals surface area contributed by atoms with Gasteiger partial charge >= 0.3 is 11.8 Å². The molecule has 4 aromatic heterocycles. The zero-order valence-electron chi connectivity index (χ0n) is 24.9. The number of H-pyrrole nitrogens is 1. The van der Waals surface area contributed by atoms with Gasteiger partial charge in [0.1, 0.15) is 12.0 Å². The molecule has 12 heteroatoms. The molecule has 1 amide bonds. The van der Waals surface area contributed by atoms with Crippen molar-refractivity contribution in [2.24, 2.45) is 0 Å². The van der Waals surface area contributed by atoms with Gasteiger partial charge < -0.3 is 25.0 Å². The lowest BCUT2D eigenvalue weighted by Gasteiger charge is -2.29. The second-order valence-corrected chi connectivity index (χ2v) is 11.7. The van der Waals surface area contributed by atoms with Crippen LogP contribution in [0.4, 0.5) is 5.69 Å². The number of rotatable bonds is 6. The number of piperazine rings is 1. The van der Waals surface area contributed by atoms with Crippen LogP contribution in [0.3, 0.4) is 0 Å². The van der Waals surface area contributed by atoms with Crippen molar-refractivity contribution >= 4 is 35.0 Å². The lowest BCUT2D eigenvalue weighted by atomic mass is 9.96. The number of halogens is 1. The molecule has 1 aliphatic rings. The van der Waals surface area contributed by atoms with Crippen molar-refractivity contribution in [3.05, 3.63) is 71.8 Å². The molecule has 1 aromatic carbocycles. The van der Waals surface area contributed by atoms with Gasteiger partial charge in [-0.05, 0) is 49.2 Å². The number of carbonyl (C=O) groups is 1. The average molecular weight is 602 g/mol. The first kappa shape index (κ1) is 30.1. The monoisotopic (exact) mass is 601 g/mol. The van der Waals surface area contributed by atoms with Gasteiger partial charge in [0, 0.05) is 42.5 Å². The minimum atomic E-state index is -0.402. The zero-order chi connectivity index (χ0) is 29.4. The van der Waals surface area contributed by atoms with Crippen LogP contribution in [0.1, 0.15) is 61.4 Å². The van der Waals surface area contributed by atoms with Crippen molar-refractivity contribution in [2.75, 3.05) is 31.1 Å². The third-order valence-electron chi connectivity index (χ3n) is 7.58. The van der Waals surface area contributed by atoms with Crippen LogP contribution in [0.5, 0.6) is 0 Å². The van der Waals surface area contributed by atoms with E-state index in [0.29, 0.717) is 5.82 Å². The largest absolute Gasteiger partial charge is 0.368 e. The number of pyridine rings is 1. The minimum absolute atomic E-state index is 0. The summed E-state index contributed by atoms with van der Waals surface area (Å²) in [5, 5.41) is 11.2. The highest BCUT2D eigenvalue weighted by atomic mass is 35.5. The Bertz CT molecular complexity index is 1730. The van der Waals surface area contributed by atoms with Crippen LogP contribution in [-0.2, 0) is 5.41 Å². The Hall–Kier alpha value is -4.35. The van der Waals surface area contributed by atoms with E-state index in [1.807, 2.05) is 59.0 Å². The van der Waals surface area contributed by atoms with E-state index in [2.05, 4.69) is 58.8 Å². The Morgan fingerprint density at radius 2 is 1.86 bits per heavy atom. The van der Waals surface area contributed by atoms with Crippen LogP contribution in [0.15, 0.2) is 53.4 Å². The summed E-state index contributed by atoms with van der Waals surface area (Å²) in [6, 6.07) is 12.1. The smallest absolute Gasteiger partial charge is 0.315 e. The Labute approximate surface area is 256 Å². The highest BCUT2D eigenvalue weighted by Gasteiger charge is 2.25. The maximum Gasteiger partial charge on any atom is 0.315 e. The van der Waals surface area contributed by atoms with E-state index in [-0.39, 0.29) is 29.8 Å². The molecule has 1 fully saturated rings. The molecule has 224 valence electrons. The molecule has 5 aromatic rings. The van der Waals surface area contributed by atoms with Crippen LogP contribution < -0.4 is 15.5 Å². The van der Waals surface area contributed by atoms with Crippen molar-refractivity contribution in [2.45, 2.75) is 46.1 Å². The maximum absolute atomic E-state index is 12.8. The molecule has 5 heterocycles. The van der Waals surface area contributed by atoms with Crippen LogP contribution in [0.25, 0.3) is 33.7 Å². The number of benzene rings is 1. The van der Waals surface area contributed by atoms with Gasteiger partial charge in [-0.25, -0.2) is 9.97 Å². The van der Waals surface area contributed by atoms with Crippen molar-refractivity contribution < 1.29 is 9.32 Å². The van der Waals surface area contributed by atoms with E-state index in [4.69, 9.17) is 9.51 Å². The van der Waals surface area contributed by atoms with Crippen LogP contribution in [0, 0.1) is 6.92 Å². The molecule has 0 unspecified atom stereocenters. The molecule has 0 aliphatic carbocycles. The molecule has 1 saturated heterocycles. The predicted octanol–water partition coefficient (Wildman–Crippen LogP) is 5.00. The lowest BCUT2D eigenvalue weighted by molar-refractivity contribution is 0.0895. The first-order valence-electron chi connectivity index (χ1n) is 14.2. The highest BCUT2D eigenvalue weighted by molar-refractivity contribution is 5.94. The van der Waals surface area contributed by atoms with Crippen molar-refractivity contribution in [1.82, 2.24) is 40.7 Å². The fourth-order valence-electron chi connectivity index (χ4n) is 5.23. The van der Waals surface area contributed by atoms with E-state index < -0.39 is 5.91 Å².